The molecule has 1 unspecified atom stereocenters. The Hall–Kier alpha value is -0.930. The van der Waals surface area contributed by atoms with E-state index < -0.39 is 0 Å². The highest BCUT2D eigenvalue weighted by Crippen LogP contribution is 2.17. The van der Waals surface area contributed by atoms with Crippen molar-refractivity contribution in [3.63, 3.8) is 0 Å². The lowest BCUT2D eigenvalue weighted by Crippen LogP contribution is -2.36. The van der Waals surface area contributed by atoms with Crippen LogP contribution in [0.25, 0.3) is 0 Å². The van der Waals surface area contributed by atoms with Crippen LogP contribution in [0.4, 0.5) is 0 Å². The molecule has 0 spiro atoms. The topological polar surface area (TPSA) is 45.1 Å². The van der Waals surface area contributed by atoms with Crippen molar-refractivity contribution in [3.05, 3.63) is 30.1 Å². The molecule has 3 heteroatoms. The SMILES string of the molecule is OCC(CNC1CCCCC1)Cc1ccccn1. The molecule has 2 N–H and O–H groups in total. The molecule has 0 saturated heterocycles. The summed E-state index contributed by atoms with van der Waals surface area (Å²) in [6.45, 7) is 1.13. The van der Waals surface area contributed by atoms with Gasteiger partial charge in [-0.25, -0.2) is 0 Å². The largest absolute Gasteiger partial charge is 0.396 e. The third kappa shape index (κ3) is 4.39. The molecule has 1 aromatic heterocycles. The van der Waals surface area contributed by atoms with Crippen molar-refractivity contribution in [3.8, 4) is 0 Å². The van der Waals surface area contributed by atoms with E-state index in [-0.39, 0.29) is 12.5 Å². The second kappa shape index (κ2) is 7.49. The van der Waals surface area contributed by atoms with Gasteiger partial charge in [0.05, 0.1) is 0 Å². The maximum Gasteiger partial charge on any atom is 0.0475 e. The molecule has 2 rings (SSSR count). The summed E-state index contributed by atoms with van der Waals surface area (Å²) < 4.78 is 0. The molecule has 1 aliphatic carbocycles. The summed E-state index contributed by atoms with van der Waals surface area (Å²) in [7, 11) is 0. The van der Waals surface area contributed by atoms with E-state index in [1.807, 2.05) is 24.4 Å². The molecule has 1 aromatic rings. The molecule has 1 heterocycles. The lowest BCUT2D eigenvalue weighted by Gasteiger charge is -2.25. The fourth-order valence-electron chi connectivity index (χ4n) is 2.66. The Balaban J connectivity index is 1.75. The molecule has 18 heavy (non-hydrogen) atoms. The maximum absolute atomic E-state index is 9.45. The number of nitrogens with zero attached hydrogens (tertiary/aromatic N) is 1. The van der Waals surface area contributed by atoms with Crippen LogP contribution in [0.5, 0.6) is 0 Å². The molecule has 3 nitrogen and oxygen atoms in total. The molecule has 100 valence electrons. The molecule has 0 radical (unpaired) electrons. The molecule has 1 saturated carbocycles. The Labute approximate surface area is 110 Å². The number of hydrogen-bond acceptors (Lipinski definition) is 3. The molecule has 0 aliphatic heterocycles. The van der Waals surface area contributed by atoms with Gasteiger partial charge >= 0.3 is 0 Å². The van der Waals surface area contributed by atoms with E-state index in [1.54, 1.807) is 0 Å². The predicted molar refractivity (Wildman–Crippen MR) is 73.4 cm³/mol. The highest BCUT2D eigenvalue weighted by Gasteiger charge is 2.15. The minimum absolute atomic E-state index is 0.232. The van der Waals surface area contributed by atoms with Crippen LogP contribution in [-0.2, 0) is 6.42 Å². The zero-order valence-electron chi connectivity index (χ0n) is 11.0. The van der Waals surface area contributed by atoms with E-state index in [0.717, 1.165) is 18.7 Å². The van der Waals surface area contributed by atoms with Gasteiger partial charge in [0.2, 0.25) is 0 Å². The summed E-state index contributed by atoms with van der Waals surface area (Å²) in [5.41, 5.74) is 1.07. The van der Waals surface area contributed by atoms with Crippen molar-refractivity contribution < 1.29 is 5.11 Å². The zero-order valence-corrected chi connectivity index (χ0v) is 11.0. The first-order chi connectivity index (χ1) is 8.88. The van der Waals surface area contributed by atoms with Gasteiger partial charge in [-0.1, -0.05) is 25.3 Å². The van der Waals surface area contributed by atoms with Crippen LogP contribution in [0.3, 0.4) is 0 Å². The van der Waals surface area contributed by atoms with Crippen molar-refractivity contribution in [1.82, 2.24) is 10.3 Å². The molecule has 1 fully saturated rings. The van der Waals surface area contributed by atoms with Gasteiger partial charge in [0, 0.05) is 31.1 Å². The van der Waals surface area contributed by atoms with Crippen molar-refractivity contribution in [1.29, 1.82) is 0 Å². The first-order valence-corrected chi connectivity index (χ1v) is 7.12. The van der Waals surface area contributed by atoms with Gasteiger partial charge in [-0.05, 0) is 37.3 Å². The van der Waals surface area contributed by atoms with Gasteiger partial charge in [0.15, 0.2) is 0 Å². The van der Waals surface area contributed by atoms with Crippen LogP contribution < -0.4 is 5.32 Å². The fourth-order valence-corrected chi connectivity index (χ4v) is 2.66. The smallest absolute Gasteiger partial charge is 0.0475 e. The van der Waals surface area contributed by atoms with Crippen molar-refractivity contribution >= 4 is 0 Å². The summed E-state index contributed by atoms with van der Waals surface area (Å²) in [5, 5.41) is 13.1. The van der Waals surface area contributed by atoms with Gasteiger partial charge in [-0.2, -0.15) is 0 Å². The van der Waals surface area contributed by atoms with Crippen LogP contribution in [0, 0.1) is 5.92 Å². The highest BCUT2D eigenvalue weighted by atomic mass is 16.3. The summed E-state index contributed by atoms with van der Waals surface area (Å²) >= 11 is 0. The highest BCUT2D eigenvalue weighted by molar-refractivity contribution is 5.04. The number of aromatic nitrogens is 1. The Bertz CT molecular complexity index is 323. The average molecular weight is 248 g/mol. The monoisotopic (exact) mass is 248 g/mol. The molecular weight excluding hydrogens is 224 g/mol. The second-order valence-electron chi connectivity index (χ2n) is 5.32. The Morgan fingerprint density at radius 3 is 2.78 bits per heavy atom. The number of nitrogens with one attached hydrogen (secondary N) is 1. The summed E-state index contributed by atoms with van der Waals surface area (Å²) in [6.07, 6.45) is 9.35. The number of pyridine rings is 1. The van der Waals surface area contributed by atoms with Crippen LogP contribution in [0.15, 0.2) is 24.4 Å². The number of aliphatic hydroxyl groups excluding tert-OH is 1. The lowest BCUT2D eigenvalue weighted by atomic mass is 9.94. The maximum atomic E-state index is 9.45. The number of aliphatic hydroxyl groups is 1. The van der Waals surface area contributed by atoms with Gasteiger partial charge in [0.1, 0.15) is 0 Å². The zero-order chi connectivity index (χ0) is 12.6. The summed E-state index contributed by atoms with van der Waals surface area (Å²) in [5.74, 6) is 0.279. The van der Waals surface area contributed by atoms with Crippen molar-refractivity contribution in [2.24, 2.45) is 5.92 Å². The molecule has 0 amide bonds. The van der Waals surface area contributed by atoms with E-state index in [0.29, 0.717) is 6.04 Å². The quantitative estimate of drug-likeness (QED) is 0.811. The van der Waals surface area contributed by atoms with Gasteiger partial charge in [-0.3, -0.25) is 4.98 Å². The van der Waals surface area contributed by atoms with Crippen LogP contribution in [0.2, 0.25) is 0 Å². The third-order valence-corrected chi connectivity index (χ3v) is 3.78. The minimum atomic E-state index is 0.232. The molecular formula is C15H24N2O. The van der Waals surface area contributed by atoms with Crippen molar-refractivity contribution in [2.75, 3.05) is 13.2 Å². The summed E-state index contributed by atoms with van der Waals surface area (Å²) in [6, 6.07) is 6.63. The summed E-state index contributed by atoms with van der Waals surface area (Å²) in [4.78, 5) is 4.32. The molecule has 0 aromatic carbocycles. The third-order valence-electron chi connectivity index (χ3n) is 3.78. The minimum Gasteiger partial charge on any atom is -0.396 e. The van der Waals surface area contributed by atoms with Crippen LogP contribution in [0.1, 0.15) is 37.8 Å². The van der Waals surface area contributed by atoms with E-state index in [1.165, 1.54) is 32.1 Å². The van der Waals surface area contributed by atoms with E-state index >= 15 is 0 Å². The van der Waals surface area contributed by atoms with E-state index in [2.05, 4.69) is 10.3 Å². The number of hydrogen-bond donors (Lipinski definition) is 2. The van der Waals surface area contributed by atoms with Gasteiger partial charge in [0.25, 0.3) is 0 Å². The number of rotatable bonds is 6. The fraction of sp³-hybridized carbons (Fsp3) is 0.667. The van der Waals surface area contributed by atoms with Gasteiger partial charge < -0.3 is 10.4 Å². The lowest BCUT2D eigenvalue weighted by molar-refractivity contribution is 0.212. The van der Waals surface area contributed by atoms with Crippen molar-refractivity contribution in [2.45, 2.75) is 44.6 Å². The molecule has 0 bridgehead atoms. The Morgan fingerprint density at radius 1 is 1.28 bits per heavy atom. The Kier molecular flexibility index (Phi) is 5.62. The average Bonchev–Trinajstić information content (AvgIpc) is 2.45. The van der Waals surface area contributed by atoms with E-state index in [9.17, 15) is 5.11 Å². The van der Waals surface area contributed by atoms with Gasteiger partial charge in [-0.15, -0.1) is 0 Å². The standard InChI is InChI=1S/C15H24N2O/c18-12-13(10-15-8-4-5-9-16-15)11-17-14-6-2-1-3-7-14/h4-5,8-9,13-14,17-18H,1-3,6-7,10-12H2. The van der Waals surface area contributed by atoms with Crippen LogP contribution in [-0.4, -0.2) is 29.3 Å². The Morgan fingerprint density at radius 2 is 2.11 bits per heavy atom. The predicted octanol–water partition coefficient (Wildman–Crippen LogP) is 2.15. The second-order valence-corrected chi connectivity index (χ2v) is 5.32. The first kappa shape index (κ1) is 13.5. The van der Waals surface area contributed by atoms with Crippen LogP contribution >= 0.6 is 0 Å². The molecule has 1 atom stereocenters. The molecule has 1 aliphatic rings. The van der Waals surface area contributed by atoms with E-state index in [4.69, 9.17) is 0 Å². The first-order valence-electron chi connectivity index (χ1n) is 7.12. The normalized spacial score (nSPS) is 18.7.